The van der Waals surface area contributed by atoms with E-state index in [0.29, 0.717) is 12.1 Å². The van der Waals surface area contributed by atoms with Crippen LogP contribution >= 0.6 is 12.2 Å². The number of sulfonamides is 1. The van der Waals surface area contributed by atoms with Crippen molar-refractivity contribution in [2.75, 3.05) is 12.4 Å². The molecule has 0 aliphatic heterocycles. The summed E-state index contributed by atoms with van der Waals surface area (Å²) in [5, 5.41) is 5.75. The van der Waals surface area contributed by atoms with Gasteiger partial charge in [-0.3, -0.25) is 4.79 Å². The van der Waals surface area contributed by atoms with Crippen LogP contribution in [0.3, 0.4) is 0 Å². The quantitative estimate of drug-likeness (QED) is 0.670. The Kier molecular flexibility index (Phi) is 8.19. The molecule has 1 aliphatic carbocycles. The Hall–Kier alpha value is -1.51. The van der Waals surface area contributed by atoms with Gasteiger partial charge < -0.3 is 10.6 Å². The highest BCUT2D eigenvalue weighted by molar-refractivity contribution is 7.89. The van der Waals surface area contributed by atoms with Crippen molar-refractivity contribution in [2.24, 2.45) is 0 Å². The smallest absolute Gasteiger partial charge is 0.243 e. The van der Waals surface area contributed by atoms with Crippen LogP contribution in [-0.4, -0.2) is 36.8 Å². The van der Waals surface area contributed by atoms with Gasteiger partial charge in [0.15, 0.2) is 5.11 Å². The van der Waals surface area contributed by atoms with Gasteiger partial charge in [-0.15, -0.1) is 0 Å². The molecule has 1 amide bonds. The van der Waals surface area contributed by atoms with Crippen LogP contribution in [0.2, 0.25) is 0 Å². The molecule has 1 aromatic rings. The standard InChI is InChI=1S/C19H29N3O3S2/c1-3-4-10-18(23)21-19(26)20-15-11-13-17(14-12-15)27(24,25)22(2)16-8-6-5-7-9-16/h11-14,16H,3-10H2,1-2H3,(H2,20,21,23,26). The molecule has 0 unspecified atom stereocenters. The minimum absolute atomic E-state index is 0.0764. The van der Waals surface area contributed by atoms with Gasteiger partial charge in [0, 0.05) is 25.2 Å². The molecular weight excluding hydrogens is 382 g/mol. The zero-order valence-electron chi connectivity index (χ0n) is 16.0. The van der Waals surface area contributed by atoms with Crippen LogP contribution in [-0.2, 0) is 14.8 Å². The minimum atomic E-state index is -3.51. The molecule has 1 aromatic carbocycles. The molecule has 0 spiro atoms. The summed E-state index contributed by atoms with van der Waals surface area (Å²) in [6.45, 7) is 2.02. The maximum Gasteiger partial charge on any atom is 0.243 e. The van der Waals surface area contributed by atoms with Gasteiger partial charge in [-0.1, -0.05) is 32.6 Å². The number of benzene rings is 1. The van der Waals surface area contributed by atoms with Crippen molar-refractivity contribution in [1.82, 2.24) is 9.62 Å². The Bertz CT molecular complexity index is 742. The van der Waals surface area contributed by atoms with Crippen LogP contribution in [0.5, 0.6) is 0 Å². The van der Waals surface area contributed by atoms with Crippen molar-refractivity contribution in [2.45, 2.75) is 69.2 Å². The molecule has 2 N–H and O–H groups in total. The Morgan fingerprint density at radius 3 is 2.41 bits per heavy atom. The molecule has 0 bridgehead atoms. The predicted octanol–water partition coefficient (Wildman–Crippen LogP) is 3.64. The monoisotopic (exact) mass is 411 g/mol. The van der Waals surface area contributed by atoms with Crippen molar-refractivity contribution in [1.29, 1.82) is 0 Å². The summed E-state index contributed by atoms with van der Waals surface area (Å²) in [5.41, 5.74) is 0.634. The van der Waals surface area contributed by atoms with Crippen LogP contribution in [0, 0.1) is 0 Å². The van der Waals surface area contributed by atoms with Gasteiger partial charge in [-0.2, -0.15) is 4.31 Å². The lowest BCUT2D eigenvalue weighted by atomic mass is 9.96. The van der Waals surface area contributed by atoms with E-state index in [0.717, 1.165) is 38.5 Å². The third-order valence-electron chi connectivity index (χ3n) is 4.89. The fourth-order valence-corrected chi connectivity index (χ4v) is 4.85. The van der Waals surface area contributed by atoms with Crippen molar-refractivity contribution in [3.05, 3.63) is 24.3 Å². The second kappa shape index (κ2) is 10.1. The largest absolute Gasteiger partial charge is 0.332 e. The summed E-state index contributed by atoms with van der Waals surface area (Å²) in [4.78, 5) is 12.0. The molecular formula is C19H29N3O3S2. The van der Waals surface area contributed by atoms with E-state index in [1.807, 2.05) is 6.92 Å². The van der Waals surface area contributed by atoms with E-state index in [1.54, 1.807) is 31.3 Å². The SMILES string of the molecule is CCCCC(=O)NC(=S)Nc1ccc(S(=O)(=O)N(C)C2CCCCC2)cc1. The molecule has 0 saturated heterocycles. The first-order valence-corrected chi connectivity index (χ1v) is 11.4. The molecule has 2 rings (SSSR count). The number of hydrogen-bond donors (Lipinski definition) is 2. The van der Waals surface area contributed by atoms with Crippen LogP contribution in [0.25, 0.3) is 0 Å². The maximum absolute atomic E-state index is 12.8. The number of carbonyl (C=O) groups excluding carboxylic acids is 1. The van der Waals surface area contributed by atoms with Gasteiger partial charge in [0.25, 0.3) is 0 Å². The fourth-order valence-electron chi connectivity index (χ4n) is 3.21. The third-order valence-corrected chi connectivity index (χ3v) is 7.02. The molecule has 150 valence electrons. The molecule has 1 fully saturated rings. The zero-order valence-corrected chi connectivity index (χ0v) is 17.7. The van der Waals surface area contributed by atoms with E-state index in [9.17, 15) is 13.2 Å². The highest BCUT2D eigenvalue weighted by atomic mass is 32.2. The number of anilines is 1. The second-order valence-electron chi connectivity index (χ2n) is 6.94. The van der Waals surface area contributed by atoms with Gasteiger partial charge in [0.2, 0.25) is 15.9 Å². The van der Waals surface area contributed by atoms with E-state index in [4.69, 9.17) is 12.2 Å². The molecule has 27 heavy (non-hydrogen) atoms. The molecule has 0 heterocycles. The summed E-state index contributed by atoms with van der Waals surface area (Å²) in [5.74, 6) is -0.123. The van der Waals surface area contributed by atoms with E-state index in [-0.39, 0.29) is 22.0 Å². The average molecular weight is 412 g/mol. The third kappa shape index (κ3) is 6.26. The fraction of sp³-hybridized carbons (Fsp3) is 0.579. The Morgan fingerprint density at radius 2 is 1.81 bits per heavy atom. The Balaban J connectivity index is 1.97. The number of carbonyl (C=O) groups is 1. The number of amides is 1. The minimum Gasteiger partial charge on any atom is -0.332 e. The van der Waals surface area contributed by atoms with E-state index in [2.05, 4.69) is 10.6 Å². The molecule has 1 saturated carbocycles. The van der Waals surface area contributed by atoms with Crippen LogP contribution in [0.4, 0.5) is 5.69 Å². The number of nitrogens with zero attached hydrogens (tertiary/aromatic N) is 1. The number of thiocarbonyl (C=S) groups is 1. The summed E-state index contributed by atoms with van der Waals surface area (Å²) >= 11 is 5.13. The van der Waals surface area contributed by atoms with Crippen molar-refractivity contribution in [3.8, 4) is 0 Å². The van der Waals surface area contributed by atoms with E-state index >= 15 is 0 Å². The predicted molar refractivity (Wildman–Crippen MR) is 112 cm³/mol. The van der Waals surface area contributed by atoms with Gasteiger partial charge in [-0.05, 0) is 55.7 Å². The summed E-state index contributed by atoms with van der Waals surface area (Å²) in [7, 11) is -1.85. The summed E-state index contributed by atoms with van der Waals surface area (Å²) in [6, 6.07) is 6.53. The topological polar surface area (TPSA) is 78.5 Å². The molecule has 0 atom stereocenters. The second-order valence-corrected chi connectivity index (χ2v) is 9.35. The first-order chi connectivity index (χ1) is 12.8. The van der Waals surface area contributed by atoms with Gasteiger partial charge in [-0.25, -0.2) is 8.42 Å². The van der Waals surface area contributed by atoms with Crippen LogP contribution < -0.4 is 10.6 Å². The van der Waals surface area contributed by atoms with Crippen LogP contribution in [0.1, 0.15) is 58.3 Å². The first-order valence-electron chi connectivity index (χ1n) is 9.53. The van der Waals surface area contributed by atoms with E-state index < -0.39 is 10.0 Å². The average Bonchev–Trinajstić information content (AvgIpc) is 2.66. The van der Waals surface area contributed by atoms with Crippen molar-refractivity contribution < 1.29 is 13.2 Å². The van der Waals surface area contributed by atoms with Crippen molar-refractivity contribution >= 4 is 38.9 Å². The van der Waals surface area contributed by atoms with Crippen molar-refractivity contribution in [3.63, 3.8) is 0 Å². The number of unbranched alkanes of at least 4 members (excludes halogenated alkanes) is 1. The number of rotatable bonds is 7. The Labute approximate surface area is 167 Å². The number of nitrogens with one attached hydrogen (secondary N) is 2. The lowest BCUT2D eigenvalue weighted by molar-refractivity contribution is -0.119. The normalized spacial score (nSPS) is 15.5. The van der Waals surface area contributed by atoms with Gasteiger partial charge in [0.05, 0.1) is 4.90 Å². The molecule has 1 aliphatic rings. The Morgan fingerprint density at radius 1 is 1.19 bits per heavy atom. The number of hydrogen-bond acceptors (Lipinski definition) is 4. The first kappa shape index (κ1) is 21.8. The van der Waals surface area contributed by atoms with Gasteiger partial charge in [0.1, 0.15) is 0 Å². The van der Waals surface area contributed by atoms with Crippen LogP contribution in [0.15, 0.2) is 29.2 Å². The van der Waals surface area contributed by atoms with Gasteiger partial charge >= 0.3 is 0 Å². The summed E-state index contributed by atoms with van der Waals surface area (Å²) in [6.07, 6.45) is 7.36. The lowest BCUT2D eigenvalue weighted by Gasteiger charge is -2.30. The molecule has 0 aromatic heterocycles. The molecule has 0 radical (unpaired) electrons. The maximum atomic E-state index is 12.8. The lowest BCUT2D eigenvalue weighted by Crippen LogP contribution is -2.38. The van der Waals surface area contributed by atoms with E-state index in [1.165, 1.54) is 10.7 Å². The summed E-state index contributed by atoms with van der Waals surface area (Å²) < 4.78 is 27.2. The zero-order chi connectivity index (χ0) is 19.9. The molecule has 8 heteroatoms. The highest BCUT2D eigenvalue weighted by Crippen LogP contribution is 2.26. The highest BCUT2D eigenvalue weighted by Gasteiger charge is 2.28. The molecule has 6 nitrogen and oxygen atoms in total.